The molecule has 1 aliphatic heterocycles. The predicted molar refractivity (Wildman–Crippen MR) is 55.3 cm³/mol. The molecule has 4 heteroatoms. The van der Waals surface area contributed by atoms with Gasteiger partial charge in [0, 0.05) is 13.1 Å². The van der Waals surface area contributed by atoms with Gasteiger partial charge in [-0.2, -0.15) is 5.10 Å². The lowest BCUT2D eigenvalue weighted by Crippen LogP contribution is -2.44. The van der Waals surface area contributed by atoms with Crippen molar-refractivity contribution in [3.8, 4) is 0 Å². The Morgan fingerprint density at radius 1 is 1.38 bits per heavy atom. The van der Waals surface area contributed by atoms with Crippen LogP contribution in [0.2, 0.25) is 0 Å². The molecule has 1 heterocycles. The Kier molecular flexibility index (Phi) is 4.02. The lowest BCUT2D eigenvalue weighted by molar-refractivity contribution is 0.150. The molecule has 13 heavy (non-hydrogen) atoms. The van der Waals surface area contributed by atoms with Gasteiger partial charge in [-0.05, 0) is 26.7 Å². The van der Waals surface area contributed by atoms with E-state index in [-0.39, 0.29) is 0 Å². The van der Waals surface area contributed by atoms with Crippen LogP contribution in [0.5, 0.6) is 0 Å². The zero-order chi connectivity index (χ0) is 9.68. The van der Waals surface area contributed by atoms with Crippen LogP contribution in [-0.2, 0) is 0 Å². The highest BCUT2D eigenvalue weighted by Crippen LogP contribution is 2.10. The van der Waals surface area contributed by atoms with Crippen molar-refractivity contribution in [2.24, 2.45) is 10.8 Å². The highest BCUT2D eigenvalue weighted by Gasteiger charge is 2.15. The van der Waals surface area contributed by atoms with Gasteiger partial charge in [0.05, 0.1) is 6.17 Å². The third-order valence-electron chi connectivity index (χ3n) is 2.37. The van der Waals surface area contributed by atoms with Crippen molar-refractivity contribution in [3.05, 3.63) is 0 Å². The van der Waals surface area contributed by atoms with Gasteiger partial charge in [0.15, 0.2) is 0 Å². The van der Waals surface area contributed by atoms with E-state index in [9.17, 15) is 0 Å². The van der Waals surface area contributed by atoms with Crippen molar-refractivity contribution < 1.29 is 0 Å². The minimum absolute atomic E-state index is 0.304. The Labute approximate surface area is 80.2 Å². The van der Waals surface area contributed by atoms with Gasteiger partial charge in [0.1, 0.15) is 5.84 Å². The number of rotatable bonds is 3. The molecule has 0 aromatic heterocycles. The number of amidine groups is 1. The molecule has 1 unspecified atom stereocenters. The topological polar surface area (TPSA) is 53.6 Å². The van der Waals surface area contributed by atoms with Crippen LogP contribution in [0.15, 0.2) is 5.10 Å². The molecule has 0 amide bonds. The monoisotopic (exact) mass is 184 g/mol. The molecule has 0 aromatic carbocycles. The molecule has 0 bridgehead atoms. The number of nitrogens with zero attached hydrogens (tertiary/aromatic N) is 2. The summed E-state index contributed by atoms with van der Waals surface area (Å²) in [6.45, 7) is 6.26. The summed E-state index contributed by atoms with van der Waals surface area (Å²) in [5.74, 6) is 0.587. The maximum absolute atomic E-state index is 5.44. The smallest absolute Gasteiger partial charge is 0.116 e. The SMILES string of the molecule is C/C(N)=N\NC(C)N1CCCCC1. The Hall–Kier alpha value is -0.770. The lowest BCUT2D eigenvalue weighted by atomic mass is 10.1. The molecule has 0 radical (unpaired) electrons. The second kappa shape index (κ2) is 5.07. The van der Waals surface area contributed by atoms with Crippen molar-refractivity contribution in [1.82, 2.24) is 10.3 Å². The molecule has 4 nitrogen and oxygen atoms in total. The van der Waals surface area contributed by atoms with E-state index in [4.69, 9.17) is 5.73 Å². The lowest BCUT2D eigenvalue weighted by Gasteiger charge is -2.31. The van der Waals surface area contributed by atoms with E-state index >= 15 is 0 Å². The normalized spacial score (nSPS) is 22.8. The molecule has 1 atom stereocenters. The number of hydrogen-bond acceptors (Lipinski definition) is 3. The molecule has 1 rings (SSSR count). The van der Waals surface area contributed by atoms with E-state index < -0.39 is 0 Å². The van der Waals surface area contributed by atoms with Crippen LogP contribution in [0.4, 0.5) is 0 Å². The van der Waals surface area contributed by atoms with Crippen molar-refractivity contribution in [2.75, 3.05) is 13.1 Å². The molecule has 1 saturated heterocycles. The molecule has 76 valence electrons. The van der Waals surface area contributed by atoms with Crippen LogP contribution in [0.25, 0.3) is 0 Å². The Morgan fingerprint density at radius 3 is 2.54 bits per heavy atom. The number of nitrogens with one attached hydrogen (secondary N) is 1. The quantitative estimate of drug-likeness (QED) is 0.386. The zero-order valence-electron chi connectivity index (χ0n) is 8.58. The van der Waals surface area contributed by atoms with Crippen molar-refractivity contribution in [3.63, 3.8) is 0 Å². The standard InChI is InChI=1S/C9H20N4/c1-8(10)11-12-9(2)13-6-4-3-5-7-13/h9,12H,3-7H2,1-2H3,(H2,10,11). The van der Waals surface area contributed by atoms with E-state index in [1.165, 1.54) is 32.4 Å². The van der Waals surface area contributed by atoms with Crippen molar-refractivity contribution >= 4 is 5.84 Å². The maximum Gasteiger partial charge on any atom is 0.116 e. The van der Waals surface area contributed by atoms with E-state index in [0.717, 1.165) is 0 Å². The first-order valence-electron chi connectivity index (χ1n) is 4.99. The van der Waals surface area contributed by atoms with Gasteiger partial charge >= 0.3 is 0 Å². The number of piperidine rings is 1. The molecule has 0 spiro atoms. The molecule has 0 saturated carbocycles. The van der Waals surface area contributed by atoms with E-state index in [1.807, 2.05) is 0 Å². The van der Waals surface area contributed by atoms with Gasteiger partial charge in [-0.3, -0.25) is 10.3 Å². The number of nitrogens with two attached hydrogens (primary N) is 1. The third kappa shape index (κ3) is 3.63. The van der Waals surface area contributed by atoms with Crippen molar-refractivity contribution in [2.45, 2.75) is 39.3 Å². The van der Waals surface area contributed by atoms with Gasteiger partial charge in [-0.15, -0.1) is 0 Å². The molecular weight excluding hydrogens is 164 g/mol. The van der Waals surface area contributed by atoms with E-state index in [0.29, 0.717) is 12.0 Å². The minimum Gasteiger partial charge on any atom is -0.386 e. The summed E-state index contributed by atoms with van der Waals surface area (Å²) < 4.78 is 0. The van der Waals surface area contributed by atoms with Gasteiger partial charge < -0.3 is 5.73 Å². The summed E-state index contributed by atoms with van der Waals surface area (Å²) in [4.78, 5) is 2.40. The molecule has 0 aromatic rings. The summed E-state index contributed by atoms with van der Waals surface area (Å²) >= 11 is 0. The van der Waals surface area contributed by atoms with Crippen LogP contribution in [0.3, 0.4) is 0 Å². The molecule has 1 fully saturated rings. The second-order valence-corrected chi connectivity index (χ2v) is 3.65. The minimum atomic E-state index is 0.304. The summed E-state index contributed by atoms with van der Waals surface area (Å²) in [5.41, 5.74) is 8.48. The van der Waals surface area contributed by atoms with Gasteiger partial charge in [-0.25, -0.2) is 0 Å². The number of hydrogen-bond donors (Lipinski definition) is 2. The Morgan fingerprint density at radius 2 is 2.00 bits per heavy atom. The fourth-order valence-electron chi connectivity index (χ4n) is 1.58. The summed E-state index contributed by atoms with van der Waals surface area (Å²) in [5, 5.41) is 4.00. The van der Waals surface area contributed by atoms with Crippen LogP contribution in [0.1, 0.15) is 33.1 Å². The fraction of sp³-hybridized carbons (Fsp3) is 0.889. The maximum atomic E-state index is 5.44. The van der Waals surface area contributed by atoms with E-state index in [2.05, 4.69) is 22.4 Å². The summed E-state index contributed by atoms with van der Waals surface area (Å²) in [6.07, 6.45) is 4.27. The largest absolute Gasteiger partial charge is 0.386 e. The number of likely N-dealkylation sites (tertiary alicyclic amines) is 1. The third-order valence-corrected chi connectivity index (χ3v) is 2.37. The first-order chi connectivity index (χ1) is 6.20. The summed E-state index contributed by atoms with van der Waals surface area (Å²) in [7, 11) is 0. The van der Waals surface area contributed by atoms with Gasteiger partial charge in [0.25, 0.3) is 0 Å². The van der Waals surface area contributed by atoms with E-state index in [1.54, 1.807) is 6.92 Å². The van der Waals surface area contributed by atoms with Crippen LogP contribution >= 0.6 is 0 Å². The summed E-state index contributed by atoms with van der Waals surface area (Å²) in [6, 6.07) is 0. The highest BCUT2D eigenvalue weighted by atomic mass is 15.4. The second-order valence-electron chi connectivity index (χ2n) is 3.65. The predicted octanol–water partition coefficient (Wildman–Crippen LogP) is 0.700. The molecule has 1 aliphatic rings. The average Bonchev–Trinajstić information content (AvgIpc) is 2.15. The highest BCUT2D eigenvalue weighted by molar-refractivity contribution is 5.77. The van der Waals surface area contributed by atoms with Crippen LogP contribution < -0.4 is 11.2 Å². The average molecular weight is 184 g/mol. The molecular formula is C9H20N4. The van der Waals surface area contributed by atoms with Crippen molar-refractivity contribution in [1.29, 1.82) is 0 Å². The molecule has 0 aliphatic carbocycles. The van der Waals surface area contributed by atoms with Gasteiger partial charge in [-0.1, -0.05) is 6.42 Å². The Balaban J connectivity index is 2.28. The van der Waals surface area contributed by atoms with Crippen LogP contribution in [-0.4, -0.2) is 30.0 Å². The number of hydrazone groups is 1. The zero-order valence-corrected chi connectivity index (χ0v) is 8.58. The fourth-order valence-corrected chi connectivity index (χ4v) is 1.58. The Bertz CT molecular complexity index is 168. The first-order valence-corrected chi connectivity index (χ1v) is 4.99. The van der Waals surface area contributed by atoms with Crippen LogP contribution in [0, 0.1) is 0 Å². The first kappa shape index (κ1) is 10.3. The molecule has 3 N–H and O–H groups in total. The van der Waals surface area contributed by atoms with Gasteiger partial charge in [0.2, 0.25) is 0 Å².